The molecule has 0 spiro atoms. The van der Waals surface area contributed by atoms with Crippen LogP contribution in [0, 0.1) is 0 Å². The van der Waals surface area contributed by atoms with Gasteiger partial charge < -0.3 is 4.98 Å². The van der Waals surface area contributed by atoms with E-state index in [0.29, 0.717) is 0 Å². The van der Waals surface area contributed by atoms with Crippen LogP contribution >= 0.6 is 0 Å². The fourth-order valence-corrected chi connectivity index (χ4v) is 3.25. The van der Waals surface area contributed by atoms with Crippen molar-refractivity contribution in [2.45, 2.75) is 0 Å². The predicted molar refractivity (Wildman–Crippen MR) is 88.6 cm³/mol. The molecule has 2 heterocycles. The fourth-order valence-electron chi connectivity index (χ4n) is 3.25. The largest absolute Gasteiger partial charge is 0.352 e. The maximum atomic E-state index is 4.55. The third kappa shape index (κ3) is 1.39. The Kier molecular flexibility index (Phi) is 1.98. The van der Waals surface area contributed by atoms with Gasteiger partial charge in [0.05, 0.1) is 16.6 Å². The molecule has 0 aliphatic rings. The highest BCUT2D eigenvalue weighted by Crippen LogP contribution is 2.33. The minimum atomic E-state index is 1.04. The molecule has 3 aromatic carbocycles. The number of hydrogen-bond donors (Lipinski definition) is 1. The van der Waals surface area contributed by atoms with Crippen molar-refractivity contribution in [3.63, 3.8) is 0 Å². The zero-order valence-electron chi connectivity index (χ0n) is 11.3. The zero-order chi connectivity index (χ0) is 13.8. The molecule has 0 amide bonds. The van der Waals surface area contributed by atoms with Crippen LogP contribution in [0.15, 0.2) is 66.9 Å². The van der Waals surface area contributed by atoms with Crippen molar-refractivity contribution in [2.75, 3.05) is 0 Å². The summed E-state index contributed by atoms with van der Waals surface area (Å²) in [5.74, 6) is 0. The molecule has 98 valence electrons. The molecular formula is C19H12N2. The standard InChI is InChI=1S/C19H12N2/c1-2-6-14-12(4-1)7-9-15-16-10-8-13-5-3-11-20-17(13)19(16)21-18(14)15/h1-11,21H. The lowest BCUT2D eigenvalue weighted by Gasteiger charge is -1.98. The molecule has 0 radical (unpaired) electrons. The Morgan fingerprint density at radius 1 is 0.619 bits per heavy atom. The van der Waals surface area contributed by atoms with Gasteiger partial charge in [-0.15, -0.1) is 0 Å². The first-order valence-corrected chi connectivity index (χ1v) is 7.09. The van der Waals surface area contributed by atoms with Gasteiger partial charge >= 0.3 is 0 Å². The minimum Gasteiger partial charge on any atom is -0.352 e. The minimum absolute atomic E-state index is 1.04. The lowest BCUT2D eigenvalue weighted by Crippen LogP contribution is -1.79. The van der Waals surface area contributed by atoms with Crippen LogP contribution in [0.5, 0.6) is 0 Å². The highest BCUT2D eigenvalue weighted by Gasteiger charge is 2.10. The van der Waals surface area contributed by atoms with Gasteiger partial charge in [-0.2, -0.15) is 0 Å². The van der Waals surface area contributed by atoms with E-state index in [2.05, 4.69) is 64.6 Å². The number of nitrogens with zero attached hydrogens (tertiary/aromatic N) is 1. The van der Waals surface area contributed by atoms with E-state index in [1.807, 2.05) is 12.3 Å². The van der Waals surface area contributed by atoms with Crippen molar-refractivity contribution in [3.8, 4) is 0 Å². The van der Waals surface area contributed by atoms with E-state index >= 15 is 0 Å². The van der Waals surface area contributed by atoms with Crippen LogP contribution < -0.4 is 0 Å². The highest BCUT2D eigenvalue weighted by atomic mass is 14.8. The number of benzene rings is 3. The molecule has 0 atom stereocenters. The Balaban J connectivity index is 2.09. The first-order valence-electron chi connectivity index (χ1n) is 7.09. The third-order valence-corrected chi connectivity index (χ3v) is 4.24. The van der Waals surface area contributed by atoms with Gasteiger partial charge in [-0.05, 0) is 11.5 Å². The van der Waals surface area contributed by atoms with Crippen LogP contribution in [-0.4, -0.2) is 9.97 Å². The molecule has 1 N–H and O–H groups in total. The van der Waals surface area contributed by atoms with Crippen LogP contribution in [0.1, 0.15) is 0 Å². The molecule has 0 bridgehead atoms. The summed E-state index contributed by atoms with van der Waals surface area (Å²) in [6, 6.07) is 21.3. The number of pyridine rings is 1. The number of aromatic amines is 1. The molecular weight excluding hydrogens is 256 g/mol. The van der Waals surface area contributed by atoms with Gasteiger partial charge in [0.1, 0.15) is 0 Å². The Labute approximate surface area is 121 Å². The van der Waals surface area contributed by atoms with Crippen LogP contribution in [-0.2, 0) is 0 Å². The predicted octanol–water partition coefficient (Wildman–Crippen LogP) is 5.02. The average molecular weight is 268 g/mol. The van der Waals surface area contributed by atoms with Crippen molar-refractivity contribution in [1.82, 2.24) is 9.97 Å². The topological polar surface area (TPSA) is 28.7 Å². The second-order valence-electron chi connectivity index (χ2n) is 5.40. The summed E-state index contributed by atoms with van der Waals surface area (Å²) >= 11 is 0. The Morgan fingerprint density at radius 3 is 2.33 bits per heavy atom. The van der Waals surface area contributed by atoms with E-state index in [1.165, 1.54) is 32.4 Å². The average Bonchev–Trinajstić information content (AvgIpc) is 2.94. The monoisotopic (exact) mass is 268 g/mol. The van der Waals surface area contributed by atoms with Crippen molar-refractivity contribution in [2.24, 2.45) is 0 Å². The van der Waals surface area contributed by atoms with E-state index < -0.39 is 0 Å². The Bertz CT molecular complexity index is 1050. The maximum absolute atomic E-state index is 4.55. The van der Waals surface area contributed by atoms with Gasteiger partial charge in [-0.25, -0.2) is 0 Å². The molecule has 2 aromatic heterocycles. The molecule has 5 aromatic rings. The second-order valence-corrected chi connectivity index (χ2v) is 5.40. The van der Waals surface area contributed by atoms with E-state index in [-0.39, 0.29) is 0 Å². The van der Waals surface area contributed by atoms with E-state index in [4.69, 9.17) is 0 Å². The highest BCUT2D eigenvalue weighted by molar-refractivity contribution is 6.21. The summed E-state index contributed by atoms with van der Waals surface area (Å²) in [5.41, 5.74) is 3.36. The number of rotatable bonds is 0. The summed E-state index contributed by atoms with van der Waals surface area (Å²) in [4.78, 5) is 8.15. The first-order chi connectivity index (χ1) is 10.4. The van der Waals surface area contributed by atoms with E-state index in [9.17, 15) is 0 Å². The summed E-state index contributed by atoms with van der Waals surface area (Å²) in [5, 5.41) is 6.18. The molecule has 0 saturated heterocycles. The number of fused-ring (bicyclic) bond motifs is 7. The Morgan fingerprint density at radius 2 is 1.38 bits per heavy atom. The van der Waals surface area contributed by atoms with Gasteiger partial charge in [-0.1, -0.05) is 54.6 Å². The lowest BCUT2D eigenvalue weighted by molar-refractivity contribution is 1.41. The van der Waals surface area contributed by atoms with E-state index in [1.54, 1.807) is 0 Å². The smallest absolute Gasteiger partial charge is 0.0943 e. The Hall–Kier alpha value is -2.87. The van der Waals surface area contributed by atoms with Crippen molar-refractivity contribution >= 4 is 43.5 Å². The first kappa shape index (κ1) is 10.9. The van der Waals surface area contributed by atoms with Crippen LogP contribution in [0.2, 0.25) is 0 Å². The van der Waals surface area contributed by atoms with Gasteiger partial charge in [-0.3, -0.25) is 4.98 Å². The van der Waals surface area contributed by atoms with Gasteiger partial charge in [0.15, 0.2) is 0 Å². The van der Waals surface area contributed by atoms with Crippen molar-refractivity contribution in [3.05, 3.63) is 66.9 Å². The molecule has 0 saturated carbocycles. The van der Waals surface area contributed by atoms with Crippen molar-refractivity contribution in [1.29, 1.82) is 0 Å². The maximum Gasteiger partial charge on any atom is 0.0943 e. The molecule has 2 nitrogen and oxygen atoms in total. The quantitative estimate of drug-likeness (QED) is 0.419. The number of H-pyrrole nitrogens is 1. The van der Waals surface area contributed by atoms with Gasteiger partial charge in [0.2, 0.25) is 0 Å². The SMILES string of the molecule is c1ccc2c(c1)ccc1c3ccc4cccnc4c3[nH]c21. The van der Waals surface area contributed by atoms with Crippen LogP contribution in [0.25, 0.3) is 43.5 Å². The molecule has 5 rings (SSSR count). The summed E-state index contributed by atoms with van der Waals surface area (Å²) in [6.07, 6.45) is 1.85. The molecule has 21 heavy (non-hydrogen) atoms. The molecule has 2 heteroatoms. The third-order valence-electron chi connectivity index (χ3n) is 4.24. The molecule has 0 fully saturated rings. The van der Waals surface area contributed by atoms with Crippen LogP contribution in [0.3, 0.4) is 0 Å². The fraction of sp³-hybridized carbons (Fsp3) is 0. The number of nitrogens with one attached hydrogen (secondary N) is 1. The summed E-state index contributed by atoms with van der Waals surface area (Å²) in [6.45, 7) is 0. The summed E-state index contributed by atoms with van der Waals surface area (Å²) in [7, 11) is 0. The zero-order valence-corrected chi connectivity index (χ0v) is 11.3. The van der Waals surface area contributed by atoms with E-state index in [0.717, 1.165) is 11.0 Å². The number of hydrogen-bond acceptors (Lipinski definition) is 1. The molecule has 0 aliphatic carbocycles. The molecule has 0 unspecified atom stereocenters. The molecule has 0 aliphatic heterocycles. The normalized spacial score (nSPS) is 11.8. The number of aromatic nitrogens is 2. The van der Waals surface area contributed by atoms with Gasteiger partial charge in [0.25, 0.3) is 0 Å². The second kappa shape index (κ2) is 3.83. The lowest BCUT2D eigenvalue weighted by atomic mass is 10.1. The van der Waals surface area contributed by atoms with Crippen molar-refractivity contribution < 1.29 is 0 Å². The van der Waals surface area contributed by atoms with Crippen LogP contribution in [0.4, 0.5) is 0 Å². The van der Waals surface area contributed by atoms with Gasteiger partial charge in [0, 0.05) is 27.7 Å². The summed E-state index contributed by atoms with van der Waals surface area (Å²) < 4.78 is 0.